The molecule has 5 rings (SSSR count). The average molecular weight is 439 g/mol. The molecule has 1 aromatic heterocycles. The molecule has 0 radical (unpaired) electrons. The maximum Gasteiger partial charge on any atom is 0.407 e. The van der Waals surface area contributed by atoms with E-state index in [1.165, 1.54) is 17.0 Å². The van der Waals surface area contributed by atoms with Gasteiger partial charge in [0.15, 0.2) is 0 Å². The third-order valence-electron chi connectivity index (χ3n) is 7.28. The van der Waals surface area contributed by atoms with Crippen LogP contribution in [0.4, 0.5) is 19.4 Å². The number of pyridine rings is 1. The van der Waals surface area contributed by atoms with Gasteiger partial charge >= 0.3 is 6.09 Å². The number of amides is 1. The van der Waals surface area contributed by atoms with E-state index in [0.717, 1.165) is 23.7 Å². The predicted octanol–water partition coefficient (Wildman–Crippen LogP) is 3.12. The highest BCUT2D eigenvalue weighted by Gasteiger charge is 2.55. The summed E-state index contributed by atoms with van der Waals surface area (Å²) in [6.07, 6.45) is 0.461. The van der Waals surface area contributed by atoms with Crippen LogP contribution in [0, 0.1) is 28.4 Å². The van der Waals surface area contributed by atoms with E-state index in [-0.39, 0.29) is 22.6 Å². The molecule has 7 nitrogen and oxygen atoms in total. The second-order valence-electron chi connectivity index (χ2n) is 8.89. The number of fused-ring (bicyclic) bond motifs is 1. The van der Waals surface area contributed by atoms with Crippen LogP contribution in [0.1, 0.15) is 30.2 Å². The van der Waals surface area contributed by atoms with E-state index in [0.29, 0.717) is 50.5 Å². The summed E-state index contributed by atoms with van der Waals surface area (Å²) in [5.74, 6) is -0.883. The van der Waals surface area contributed by atoms with E-state index < -0.39 is 17.7 Å². The Morgan fingerprint density at radius 2 is 2.16 bits per heavy atom. The number of nitrogens with zero attached hydrogens (tertiary/aromatic N) is 4. The molecule has 4 heterocycles. The summed E-state index contributed by atoms with van der Waals surface area (Å²) in [6, 6.07) is 5.65. The van der Waals surface area contributed by atoms with Gasteiger partial charge in [0, 0.05) is 54.8 Å². The van der Waals surface area contributed by atoms with Gasteiger partial charge in [-0.15, -0.1) is 0 Å². The number of halogens is 2. The van der Waals surface area contributed by atoms with Crippen molar-refractivity contribution in [3.8, 4) is 17.2 Å². The van der Waals surface area contributed by atoms with Gasteiger partial charge in [0.1, 0.15) is 29.1 Å². The largest absolute Gasteiger partial charge is 0.465 e. The number of likely N-dealkylation sites (tertiary alicyclic amines) is 1. The Morgan fingerprint density at radius 3 is 2.84 bits per heavy atom. The normalized spacial score (nSPS) is 21.2. The smallest absolute Gasteiger partial charge is 0.407 e. The quantitative estimate of drug-likeness (QED) is 0.747. The number of hydrogen-bond donors (Lipinski definition) is 2. The minimum atomic E-state index is -0.925. The van der Waals surface area contributed by atoms with Crippen LogP contribution in [-0.2, 0) is 13.0 Å². The van der Waals surface area contributed by atoms with Gasteiger partial charge in [-0.25, -0.2) is 18.6 Å². The lowest BCUT2D eigenvalue weighted by Gasteiger charge is -2.49. The zero-order chi connectivity index (χ0) is 22.6. The highest BCUT2D eigenvalue weighted by molar-refractivity contribution is 5.81. The molecule has 1 aromatic carbocycles. The van der Waals surface area contributed by atoms with Crippen molar-refractivity contribution in [1.29, 1.82) is 5.26 Å². The van der Waals surface area contributed by atoms with Crippen LogP contribution < -0.4 is 10.2 Å². The Morgan fingerprint density at radius 1 is 1.38 bits per heavy atom. The summed E-state index contributed by atoms with van der Waals surface area (Å²) in [7, 11) is 0. The first kappa shape index (κ1) is 20.6. The highest BCUT2D eigenvalue weighted by Crippen LogP contribution is 2.47. The van der Waals surface area contributed by atoms with Crippen molar-refractivity contribution in [2.45, 2.75) is 32.4 Å². The molecule has 32 heavy (non-hydrogen) atoms. The van der Waals surface area contributed by atoms with Crippen LogP contribution in [-0.4, -0.2) is 53.3 Å². The van der Waals surface area contributed by atoms with Crippen molar-refractivity contribution in [3.63, 3.8) is 0 Å². The van der Waals surface area contributed by atoms with Crippen LogP contribution in [0.5, 0.6) is 0 Å². The summed E-state index contributed by atoms with van der Waals surface area (Å²) in [5.41, 5.74) is 2.37. The second-order valence-corrected chi connectivity index (χ2v) is 8.89. The standard InChI is InChI=1S/C23H23F2N5O2/c1-13-23(11-29(12-23)22(31)32)5-7-30(13)21-17(9-26)20(15-3-2-14(24)8-18(15)25)16-4-6-27-10-19(16)28-21/h2-3,8,13,27H,4-7,10-12H2,1H3,(H,31,32)/t13-/m1/s1. The van der Waals surface area contributed by atoms with E-state index in [1.807, 2.05) is 6.92 Å². The van der Waals surface area contributed by atoms with Crippen LogP contribution >= 0.6 is 0 Å². The Balaban J connectivity index is 1.63. The fourth-order valence-electron chi connectivity index (χ4n) is 5.43. The third kappa shape index (κ3) is 3.01. The van der Waals surface area contributed by atoms with Gasteiger partial charge in [0.05, 0.1) is 5.69 Å². The molecule has 1 atom stereocenters. The van der Waals surface area contributed by atoms with Crippen LogP contribution in [0.25, 0.3) is 11.1 Å². The topological polar surface area (TPSA) is 92.5 Å². The number of anilines is 1. The lowest BCUT2D eigenvalue weighted by atomic mass is 9.74. The Labute approximate surface area is 184 Å². The first-order valence-corrected chi connectivity index (χ1v) is 10.7. The van der Waals surface area contributed by atoms with Gasteiger partial charge < -0.3 is 20.2 Å². The molecule has 0 aliphatic carbocycles. The molecule has 3 aliphatic rings. The average Bonchev–Trinajstić information content (AvgIpc) is 3.08. The lowest BCUT2D eigenvalue weighted by molar-refractivity contribution is 0.00796. The zero-order valence-electron chi connectivity index (χ0n) is 17.7. The van der Waals surface area contributed by atoms with Gasteiger partial charge in [0.25, 0.3) is 0 Å². The molecular formula is C23H23F2N5O2. The summed E-state index contributed by atoms with van der Waals surface area (Å²) in [5, 5.41) is 22.7. The van der Waals surface area contributed by atoms with Gasteiger partial charge in [0.2, 0.25) is 0 Å². The summed E-state index contributed by atoms with van der Waals surface area (Å²) < 4.78 is 28.5. The number of benzene rings is 1. The van der Waals surface area contributed by atoms with E-state index in [2.05, 4.69) is 16.3 Å². The van der Waals surface area contributed by atoms with E-state index in [1.54, 1.807) is 0 Å². The van der Waals surface area contributed by atoms with Crippen LogP contribution in [0.15, 0.2) is 18.2 Å². The molecule has 2 fully saturated rings. The molecule has 0 saturated carbocycles. The van der Waals surface area contributed by atoms with Gasteiger partial charge in [-0.2, -0.15) is 5.26 Å². The molecule has 0 unspecified atom stereocenters. The molecule has 2 N–H and O–H groups in total. The Bertz CT molecular complexity index is 1160. The molecule has 2 aromatic rings. The lowest BCUT2D eigenvalue weighted by Crippen LogP contribution is -2.62. The number of nitriles is 1. The minimum absolute atomic E-state index is 0.0294. The molecule has 9 heteroatoms. The number of hydrogen-bond acceptors (Lipinski definition) is 5. The monoisotopic (exact) mass is 439 g/mol. The number of carboxylic acid groups (broad SMARTS) is 1. The number of aromatic nitrogens is 1. The van der Waals surface area contributed by atoms with E-state index in [9.17, 15) is 23.9 Å². The Kier molecular flexibility index (Phi) is 4.78. The van der Waals surface area contributed by atoms with Crippen molar-refractivity contribution in [2.75, 3.05) is 31.1 Å². The zero-order valence-corrected chi connectivity index (χ0v) is 17.7. The first-order valence-electron chi connectivity index (χ1n) is 10.7. The molecule has 0 bridgehead atoms. The second kappa shape index (κ2) is 7.41. The Hall–Kier alpha value is -3.25. The highest BCUT2D eigenvalue weighted by atomic mass is 19.1. The van der Waals surface area contributed by atoms with Gasteiger partial charge in [-0.05, 0) is 44.0 Å². The SMILES string of the molecule is C[C@H]1N(c2nc3c(c(-c4ccc(F)cc4F)c2C#N)CCNC3)CCC12CN(C(=O)O)C2. The van der Waals surface area contributed by atoms with Crippen molar-refractivity contribution in [2.24, 2.45) is 5.41 Å². The molecular weight excluding hydrogens is 416 g/mol. The van der Waals surface area contributed by atoms with Crippen LogP contribution in [0.3, 0.4) is 0 Å². The van der Waals surface area contributed by atoms with Crippen LogP contribution in [0.2, 0.25) is 0 Å². The van der Waals surface area contributed by atoms with Crippen molar-refractivity contribution >= 4 is 11.9 Å². The van der Waals surface area contributed by atoms with E-state index >= 15 is 0 Å². The first-order chi connectivity index (χ1) is 15.3. The summed E-state index contributed by atoms with van der Waals surface area (Å²) in [4.78, 5) is 19.6. The molecule has 2 saturated heterocycles. The number of carbonyl (C=O) groups is 1. The molecule has 1 amide bonds. The molecule has 3 aliphatic heterocycles. The van der Waals surface area contributed by atoms with Gasteiger partial charge in [-0.1, -0.05) is 0 Å². The number of nitrogens with one attached hydrogen (secondary N) is 1. The molecule has 166 valence electrons. The minimum Gasteiger partial charge on any atom is -0.465 e. The maximum atomic E-state index is 14.9. The fraction of sp³-hybridized carbons (Fsp3) is 0.435. The van der Waals surface area contributed by atoms with Gasteiger partial charge in [-0.3, -0.25) is 0 Å². The maximum absolute atomic E-state index is 14.9. The van der Waals surface area contributed by atoms with Crippen molar-refractivity contribution < 1.29 is 18.7 Å². The van der Waals surface area contributed by atoms with Crippen molar-refractivity contribution in [1.82, 2.24) is 15.2 Å². The summed E-state index contributed by atoms with van der Waals surface area (Å²) in [6.45, 7) is 4.76. The predicted molar refractivity (Wildman–Crippen MR) is 113 cm³/mol. The van der Waals surface area contributed by atoms with E-state index in [4.69, 9.17) is 4.98 Å². The molecule has 1 spiro atoms. The summed E-state index contributed by atoms with van der Waals surface area (Å²) >= 11 is 0. The number of rotatable bonds is 2. The van der Waals surface area contributed by atoms with Crippen molar-refractivity contribution in [3.05, 3.63) is 46.7 Å². The fourth-order valence-corrected chi connectivity index (χ4v) is 5.43. The third-order valence-corrected chi connectivity index (χ3v) is 7.28.